The zero-order valence-corrected chi connectivity index (χ0v) is 19.6. The topological polar surface area (TPSA) is 106 Å². The van der Waals surface area contributed by atoms with Crippen LogP contribution in [0.5, 0.6) is 0 Å². The fraction of sp³-hybridized carbons (Fsp3) is 0.208. The number of aliphatic imine (C=N–C) groups is 2. The molecule has 5 N–H and O–H groups in total. The molecule has 0 bridgehead atoms. The molecule has 0 saturated heterocycles. The van der Waals surface area contributed by atoms with Crippen LogP contribution in [0.4, 0.5) is 18.9 Å². The molecule has 1 amide bonds. The Morgan fingerprint density at radius 2 is 1.65 bits per heavy atom. The molecule has 0 spiro atoms. The number of carbonyl (C=O) groups excluding carboxylic acids is 1. The number of alkyl halides is 3. The van der Waals surface area contributed by atoms with Crippen molar-refractivity contribution in [3.8, 4) is 0 Å². The van der Waals surface area contributed by atoms with Gasteiger partial charge in [0.15, 0.2) is 0 Å². The maximum Gasteiger partial charge on any atom is 0.430 e. The molecule has 0 aliphatic rings. The molecule has 2 aromatic rings. The van der Waals surface area contributed by atoms with Crippen LogP contribution in [0.1, 0.15) is 29.8 Å². The van der Waals surface area contributed by atoms with Crippen LogP contribution in [-0.4, -0.2) is 37.1 Å². The molecule has 0 heterocycles. The Balaban J connectivity index is 2.36. The van der Waals surface area contributed by atoms with Gasteiger partial charge in [0.05, 0.1) is 16.4 Å². The summed E-state index contributed by atoms with van der Waals surface area (Å²) in [6.45, 7) is 3.67. The molecule has 0 aromatic heterocycles. The molecule has 0 fully saturated rings. The summed E-state index contributed by atoms with van der Waals surface area (Å²) in [6.07, 6.45) is -4.00. The van der Waals surface area contributed by atoms with Crippen molar-refractivity contribution in [2.24, 2.45) is 21.5 Å². The highest BCUT2D eigenvalue weighted by Crippen LogP contribution is 2.27. The Labute approximate surface area is 200 Å². The van der Waals surface area contributed by atoms with Gasteiger partial charge < -0.3 is 16.8 Å². The van der Waals surface area contributed by atoms with Gasteiger partial charge >= 0.3 is 6.18 Å². The van der Waals surface area contributed by atoms with Crippen molar-refractivity contribution >= 4 is 34.6 Å². The van der Waals surface area contributed by atoms with Gasteiger partial charge in [-0.05, 0) is 44.2 Å². The largest absolute Gasteiger partial charge is 0.430 e. The summed E-state index contributed by atoms with van der Waals surface area (Å²) in [5, 5.41) is 3.02. The highest BCUT2D eigenvalue weighted by molar-refractivity contribution is 6.33. The molecule has 0 unspecified atom stereocenters. The molecule has 180 valence electrons. The van der Waals surface area contributed by atoms with Gasteiger partial charge in [0.2, 0.25) is 0 Å². The normalized spacial score (nSPS) is 14.0. The number of nitrogens with zero attached hydrogens (tertiary/aromatic N) is 2. The number of benzene rings is 2. The van der Waals surface area contributed by atoms with E-state index in [2.05, 4.69) is 15.3 Å². The first-order chi connectivity index (χ1) is 15.9. The van der Waals surface area contributed by atoms with E-state index in [4.69, 9.17) is 23.1 Å². The number of amides is 1. The fourth-order valence-electron chi connectivity index (χ4n) is 2.83. The van der Waals surface area contributed by atoms with Crippen molar-refractivity contribution in [2.45, 2.75) is 20.0 Å². The number of nitrogens with one attached hydrogen (secondary N) is 1. The summed E-state index contributed by atoms with van der Waals surface area (Å²) < 4.78 is 39.2. The minimum absolute atomic E-state index is 0.0614. The van der Waals surface area contributed by atoms with Gasteiger partial charge in [-0.15, -0.1) is 0 Å². The second-order valence-corrected chi connectivity index (χ2v) is 7.68. The zero-order chi connectivity index (χ0) is 25.5. The van der Waals surface area contributed by atoms with Crippen LogP contribution in [0, 0.1) is 0 Å². The van der Waals surface area contributed by atoms with Gasteiger partial charge in [-0.2, -0.15) is 13.2 Å². The van der Waals surface area contributed by atoms with Crippen molar-refractivity contribution in [2.75, 3.05) is 13.6 Å². The maximum absolute atomic E-state index is 13.1. The van der Waals surface area contributed by atoms with Crippen LogP contribution >= 0.6 is 11.6 Å². The van der Waals surface area contributed by atoms with Crippen molar-refractivity contribution in [1.82, 2.24) is 5.32 Å². The minimum Gasteiger partial charge on any atom is -0.402 e. The van der Waals surface area contributed by atoms with Gasteiger partial charge in [0.1, 0.15) is 5.70 Å². The summed E-state index contributed by atoms with van der Waals surface area (Å²) in [5.41, 5.74) is 12.5. The van der Waals surface area contributed by atoms with Gasteiger partial charge in [0.25, 0.3) is 5.91 Å². The molecular weight excluding hydrogens is 467 g/mol. The quantitative estimate of drug-likeness (QED) is 0.478. The summed E-state index contributed by atoms with van der Waals surface area (Å²) in [4.78, 5) is 20.9. The van der Waals surface area contributed by atoms with E-state index in [-0.39, 0.29) is 28.9 Å². The molecule has 0 aliphatic heterocycles. The maximum atomic E-state index is 13.1. The third-order valence-corrected chi connectivity index (χ3v) is 5.15. The minimum atomic E-state index is -4.73. The second kappa shape index (κ2) is 11.5. The van der Waals surface area contributed by atoms with E-state index in [0.717, 1.165) is 6.08 Å². The van der Waals surface area contributed by atoms with Crippen molar-refractivity contribution in [3.05, 3.63) is 87.7 Å². The van der Waals surface area contributed by atoms with Gasteiger partial charge in [-0.1, -0.05) is 35.9 Å². The van der Waals surface area contributed by atoms with E-state index < -0.39 is 11.9 Å². The van der Waals surface area contributed by atoms with E-state index in [9.17, 15) is 18.0 Å². The summed E-state index contributed by atoms with van der Waals surface area (Å²) >= 11 is 6.11. The van der Waals surface area contributed by atoms with Crippen LogP contribution in [-0.2, 0) is 0 Å². The van der Waals surface area contributed by atoms with Crippen LogP contribution in [0.3, 0.4) is 0 Å². The zero-order valence-electron chi connectivity index (χ0n) is 18.9. The number of allylic oxidation sites excluding steroid dienone is 3. The number of para-hydroxylation sites is 1. The van der Waals surface area contributed by atoms with Crippen molar-refractivity contribution < 1.29 is 18.0 Å². The number of carbonyl (C=O) groups is 1. The Bertz CT molecular complexity index is 1160. The first-order valence-electron chi connectivity index (χ1n) is 10.1. The molecule has 0 atom stereocenters. The molecule has 10 heteroatoms. The summed E-state index contributed by atoms with van der Waals surface area (Å²) in [7, 11) is 1.63. The molecule has 2 rings (SSSR count). The van der Waals surface area contributed by atoms with Crippen LogP contribution in [0.15, 0.2) is 81.6 Å². The standard InChI is InChI=1S/C24H25ClF3N5O/c1-14(29)18(15(2)31-3)13-32-23(34)17-10-8-16(9-11-17)21(12-22(30)24(26,27)28)33-20-7-5-4-6-19(20)25/h4-12H,13,29-30H2,1-3H3,(H,32,34). The first-order valence-corrected chi connectivity index (χ1v) is 10.5. The lowest BCUT2D eigenvalue weighted by Gasteiger charge is -2.12. The Morgan fingerprint density at radius 1 is 1.06 bits per heavy atom. The van der Waals surface area contributed by atoms with Crippen LogP contribution in [0.2, 0.25) is 5.02 Å². The molecule has 6 nitrogen and oxygen atoms in total. The fourth-order valence-corrected chi connectivity index (χ4v) is 3.01. The third-order valence-electron chi connectivity index (χ3n) is 4.83. The predicted molar refractivity (Wildman–Crippen MR) is 131 cm³/mol. The molecule has 0 radical (unpaired) electrons. The summed E-state index contributed by atoms with van der Waals surface area (Å²) in [6, 6.07) is 12.4. The molecule has 0 aliphatic carbocycles. The lowest BCUT2D eigenvalue weighted by atomic mass is 10.1. The lowest BCUT2D eigenvalue weighted by Crippen LogP contribution is -2.28. The average Bonchev–Trinajstić information content (AvgIpc) is 2.79. The first kappa shape index (κ1) is 26.7. The van der Waals surface area contributed by atoms with Gasteiger partial charge in [-0.3, -0.25) is 9.79 Å². The SMILES string of the molecule is CN=C(C)C(CNC(=O)c1ccc(C(C=C(N)C(F)(F)F)=Nc2ccccc2Cl)cc1)=C(C)N. The smallest absolute Gasteiger partial charge is 0.402 e. The van der Waals surface area contributed by atoms with Crippen molar-refractivity contribution in [1.29, 1.82) is 0 Å². The number of rotatable bonds is 7. The number of nitrogens with two attached hydrogens (primary N) is 2. The van der Waals surface area contributed by atoms with E-state index in [1.807, 2.05) is 0 Å². The second-order valence-electron chi connectivity index (χ2n) is 7.28. The lowest BCUT2D eigenvalue weighted by molar-refractivity contribution is -0.0925. The van der Waals surface area contributed by atoms with E-state index in [1.54, 1.807) is 45.2 Å². The third kappa shape index (κ3) is 7.21. The Kier molecular flexibility index (Phi) is 9.03. The van der Waals surface area contributed by atoms with E-state index in [0.29, 0.717) is 28.1 Å². The highest BCUT2D eigenvalue weighted by Gasteiger charge is 2.31. The monoisotopic (exact) mass is 491 g/mol. The number of halogens is 4. The van der Waals surface area contributed by atoms with Gasteiger partial charge in [0, 0.05) is 41.7 Å². The van der Waals surface area contributed by atoms with E-state index >= 15 is 0 Å². The van der Waals surface area contributed by atoms with Crippen LogP contribution in [0.25, 0.3) is 0 Å². The molecule has 34 heavy (non-hydrogen) atoms. The average molecular weight is 492 g/mol. The van der Waals surface area contributed by atoms with Crippen LogP contribution < -0.4 is 16.8 Å². The Morgan fingerprint density at radius 3 is 2.18 bits per heavy atom. The van der Waals surface area contributed by atoms with Gasteiger partial charge in [-0.25, -0.2) is 4.99 Å². The molecule has 0 saturated carbocycles. The highest BCUT2D eigenvalue weighted by atomic mass is 35.5. The predicted octanol–water partition coefficient (Wildman–Crippen LogP) is 4.92. The number of hydrogen-bond donors (Lipinski definition) is 3. The molecule has 2 aromatic carbocycles. The summed E-state index contributed by atoms with van der Waals surface area (Å²) in [5.74, 6) is -0.385. The van der Waals surface area contributed by atoms with E-state index in [1.165, 1.54) is 24.3 Å². The molecular formula is C24H25ClF3N5O. The van der Waals surface area contributed by atoms with Crippen molar-refractivity contribution in [3.63, 3.8) is 0 Å². The number of hydrogen-bond acceptors (Lipinski definition) is 5. The Hall–Kier alpha value is -3.59.